The van der Waals surface area contributed by atoms with E-state index in [1.165, 1.54) is 16.8 Å². The van der Waals surface area contributed by atoms with Crippen molar-refractivity contribution in [2.24, 2.45) is 18.7 Å². The first-order valence-electron chi connectivity index (χ1n) is 8.50. The van der Waals surface area contributed by atoms with Crippen molar-refractivity contribution in [1.29, 1.82) is 0 Å². The smallest absolute Gasteiger partial charge is 0.276 e. The Balaban J connectivity index is 1.69. The predicted octanol–water partition coefficient (Wildman–Crippen LogP) is 1.90. The van der Waals surface area contributed by atoms with Gasteiger partial charge in [-0.15, -0.1) is 0 Å². The van der Waals surface area contributed by atoms with Crippen molar-refractivity contribution < 1.29 is 14.4 Å². The van der Waals surface area contributed by atoms with E-state index in [-0.39, 0.29) is 17.5 Å². The van der Waals surface area contributed by atoms with E-state index in [1.54, 1.807) is 25.2 Å². The van der Waals surface area contributed by atoms with Gasteiger partial charge in [-0.05, 0) is 31.0 Å². The van der Waals surface area contributed by atoms with Gasteiger partial charge in [-0.25, -0.2) is 0 Å². The molecular formula is C18H21N5O3. The number of carbonyl (C=O) groups excluding carboxylic acids is 3. The van der Waals surface area contributed by atoms with Crippen LogP contribution in [0.4, 0.5) is 11.5 Å². The molecule has 1 aliphatic rings. The first kappa shape index (κ1) is 17.7. The van der Waals surface area contributed by atoms with Crippen molar-refractivity contribution in [3.8, 4) is 0 Å². The quantitative estimate of drug-likeness (QED) is 0.759. The highest BCUT2D eigenvalue weighted by Crippen LogP contribution is 2.26. The fourth-order valence-corrected chi connectivity index (χ4v) is 3.06. The molecule has 1 fully saturated rings. The summed E-state index contributed by atoms with van der Waals surface area (Å²) in [4.78, 5) is 35.9. The second kappa shape index (κ2) is 7.38. The van der Waals surface area contributed by atoms with Gasteiger partial charge >= 0.3 is 0 Å². The van der Waals surface area contributed by atoms with Crippen molar-refractivity contribution in [3.05, 3.63) is 41.6 Å². The Morgan fingerprint density at radius 3 is 2.58 bits per heavy atom. The maximum Gasteiger partial charge on any atom is 0.276 e. The zero-order chi connectivity index (χ0) is 18.7. The lowest BCUT2D eigenvalue weighted by atomic mass is 10.1. The standard InChI is InChI=1S/C18H21N5O3/c1-23-15(21-17(25)11-5-2-3-6-11)10-14(22-23)18(26)20-13-8-4-7-12(9-13)16(19)24/h4,7-11H,2-3,5-6H2,1H3,(H2,19,24)(H,20,26)(H,21,25). The molecule has 0 saturated heterocycles. The minimum Gasteiger partial charge on any atom is -0.366 e. The monoisotopic (exact) mass is 355 g/mol. The first-order chi connectivity index (χ1) is 12.4. The molecule has 1 aliphatic carbocycles. The van der Waals surface area contributed by atoms with E-state index in [4.69, 9.17) is 5.73 Å². The molecule has 1 aromatic heterocycles. The fraction of sp³-hybridized carbons (Fsp3) is 0.333. The summed E-state index contributed by atoms with van der Waals surface area (Å²) in [6.07, 6.45) is 3.93. The van der Waals surface area contributed by atoms with E-state index in [2.05, 4.69) is 15.7 Å². The lowest BCUT2D eigenvalue weighted by molar-refractivity contribution is -0.119. The van der Waals surface area contributed by atoms with Gasteiger partial charge in [-0.2, -0.15) is 5.10 Å². The molecule has 3 amide bonds. The number of carbonyl (C=O) groups is 3. The molecule has 0 atom stereocenters. The van der Waals surface area contributed by atoms with Gasteiger partial charge in [-0.3, -0.25) is 19.1 Å². The SMILES string of the molecule is Cn1nc(C(=O)Nc2cccc(C(N)=O)c2)cc1NC(=O)C1CCCC1. The minimum atomic E-state index is -0.573. The molecule has 0 radical (unpaired) electrons. The molecule has 8 heteroatoms. The number of benzene rings is 1. The van der Waals surface area contributed by atoms with Gasteiger partial charge in [0.05, 0.1) is 0 Å². The zero-order valence-electron chi connectivity index (χ0n) is 14.5. The summed E-state index contributed by atoms with van der Waals surface area (Å²) in [7, 11) is 1.66. The number of nitrogens with zero attached hydrogens (tertiary/aromatic N) is 2. The summed E-state index contributed by atoms with van der Waals surface area (Å²) in [5.41, 5.74) is 6.14. The van der Waals surface area contributed by atoms with Crippen LogP contribution in [0, 0.1) is 5.92 Å². The van der Waals surface area contributed by atoms with Crippen molar-refractivity contribution in [2.75, 3.05) is 10.6 Å². The number of nitrogens with one attached hydrogen (secondary N) is 2. The Hall–Kier alpha value is -3.16. The van der Waals surface area contributed by atoms with Crippen molar-refractivity contribution in [1.82, 2.24) is 9.78 Å². The van der Waals surface area contributed by atoms with Crippen LogP contribution < -0.4 is 16.4 Å². The highest BCUT2D eigenvalue weighted by Gasteiger charge is 2.24. The van der Waals surface area contributed by atoms with Crippen LogP contribution in [0.15, 0.2) is 30.3 Å². The number of rotatable bonds is 5. The number of nitrogens with two attached hydrogens (primary N) is 1. The van der Waals surface area contributed by atoms with Crippen LogP contribution in [0.5, 0.6) is 0 Å². The van der Waals surface area contributed by atoms with Crippen molar-refractivity contribution in [2.45, 2.75) is 25.7 Å². The average Bonchev–Trinajstić information content (AvgIpc) is 3.26. The number of aromatic nitrogens is 2. The molecular weight excluding hydrogens is 334 g/mol. The number of amides is 3. The van der Waals surface area contributed by atoms with E-state index in [0.29, 0.717) is 17.1 Å². The van der Waals surface area contributed by atoms with E-state index < -0.39 is 11.8 Å². The molecule has 136 valence electrons. The summed E-state index contributed by atoms with van der Waals surface area (Å²) < 4.78 is 1.46. The van der Waals surface area contributed by atoms with Crippen molar-refractivity contribution in [3.63, 3.8) is 0 Å². The molecule has 2 aromatic rings. The van der Waals surface area contributed by atoms with Crippen LogP contribution in [0.25, 0.3) is 0 Å². The molecule has 1 saturated carbocycles. The Bertz CT molecular complexity index is 852. The predicted molar refractivity (Wildman–Crippen MR) is 96.7 cm³/mol. The van der Waals surface area contributed by atoms with Crippen molar-refractivity contribution >= 4 is 29.2 Å². The first-order valence-corrected chi connectivity index (χ1v) is 8.50. The number of hydrogen-bond donors (Lipinski definition) is 3. The Morgan fingerprint density at radius 1 is 1.15 bits per heavy atom. The molecule has 0 bridgehead atoms. The summed E-state index contributed by atoms with van der Waals surface area (Å²) >= 11 is 0. The van der Waals surface area contributed by atoms with Gasteiger partial charge in [-0.1, -0.05) is 18.9 Å². The molecule has 4 N–H and O–H groups in total. The largest absolute Gasteiger partial charge is 0.366 e. The highest BCUT2D eigenvalue weighted by atomic mass is 16.2. The number of anilines is 2. The molecule has 1 aromatic carbocycles. The van der Waals surface area contributed by atoms with E-state index >= 15 is 0 Å². The Kier molecular flexibility index (Phi) is 5.01. The number of primary amides is 1. The third kappa shape index (κ3) is 3.90. The van der Waals surface area contributed by atoms with Gasteiger partial charge in [0.25, 0.3) is 5.91 Å². The molecule has 0 spiro atoms. The van der Waals surface area contributed by atoms with Crippen LogP contribution in [0.1, 0.15) is 46.5 Å². The van der Waals surface area contributed by atoms with Gasteiger partial charge in [0.2, 0.25) is 11.8 Å². The van der Waals surface area contributed by atoms with Gasteiger partial charge in [0, 0.05) is 30.3 Å². The summed E-state index contributed by atoms with van der Waals surface area (Å²) in [5, 5.41) is 9.65. The molecule has 0 aliphatic heterocycles. The summed E-state index contributed by atoms with van der Waals surface area (Å²) in [6, 6.07) is 7.86. The highest BCUT2D eigenvalue weighted by molar-refractivity contribution is 6.04. The van der Waals surface area contributed by atoms with Crippen LogP contribution in [0.3, 0.4) is 0 Å². The second-order valence-electron chi connectivity index (χ2n) is 6.41. The maximum atomic E-state index is 12.4. The van der Waals surface area contributed by atoms with Crippen LogP contribution in [-0.2, 0) is 11.8 Å². The molecule has 26 heavy (non-hydrogen) atoms. The fourth-order valence-electron chi connectivity index (χ4n) is 3.06. The van der Waals surface area contributed by atoms with Crippen LogP contribution in [0.2, 0.25) is 0 Å². The topological polar surface area (TPSA) is 119 Å². The number of aryl methyl sites for hydroxylation is 1. The Morgan fingerprint density at radius 2 is 1.88 bits per heavy atom. The van der Waals surface area contributed by atoms with Crippen LogP contribution in [-0.4, -0.2) is 27.5 Å². The average molecular weight is 355 g/mol. The zero-order valence-corrected chi connectivity index (χ0v) is 14.5. The maximum absolute atomic E-state index is 12.4. The normalized spacial score (nSPS) is 14.2. The van der Waals surface area contributed by atoms with E-state index in [9.17, 15) is 14.4 Å². The molecule has 1 heterocycles. The summed E-state index contributed by atoms with van der Waals surface area (Å²) in [5.74, 6) is -0.553. The third-order valence-electron chi connectivity index (χ3n) is 4.49. The third-order valence-corrected chi connectivity index (χ3v) is 4.49. The molecule has 8 nitrogen and oxygen atoms in total. The van der Waals surface area contributed by atoms with Gasteiger partial charge in [0.1, 0.15) is 5.82 Å². The second-order valence-corrected chi connectivity index (χ2v) is 6.41. The summed E-state index contributed by atoms with van der Waals surface area (Å²) in [6.45, 7) is 0. The Labute approximate surface area is 150 Å². The minimum absolute atomic E-state index is 0.0266. The van der Waals surface area contributed by atoms with Gasteiger partial charge < -0.3 is 16.4 Å². The van der Waals surface area contributed by atoms with E-state index in [0.717, 1.165) is 25.7 Å². The lowest BCUT2D eigenvalue weighted by Crippen LogP contribution is -2.21. The molecule has 0 unspecified atom stereocenters. The number of hydrogen-bond acceptors (Lipinski definition) is 4. The molecule has 3 rings (SSSR count). The van der Waals surface area contributed by atoms with E-state index in [1.807, 2.05) is 0 Å². The van der Waals surface area contributed by atoms with Gasteiger partial charge in [0.15, 0.2) is 5.69 Å². The van der Waals surface area contributed by atoms with Crippen LogP contribution >= 0.6 is 0 Å². The lowest BCUT2D eigenvalue weighted by Gasteiger charge is -2.09.